The molecule has 0 aromatic heterocycles. The molecular formula is C13H16FNOS. The van der Waals surface area contributed by atoms with Crippen LogP contribution in [0.3, 0.4) is 0 Å². The predicted molar refractivity (Wildman–Crippen MR) is 67.9 cm³/mol. The zero-order valence-electron chi connectivity index (χ0n) is 9.79. The third-order valence-corrected chi connectivity index (χ3v) is 3.80. The molecule has 2 nitrogen and oxygen atoms in total. The highest BCUT2D eigenvalue weighted by atomic mass is 32.1. The number of carbonyl (C=O) groups is 1. The summed E-state index contributed by atoms with van der Waals surface area (Å²) in [5.74, 6) is -0.847. The second-order valence-corrected chi connectivity index (χ2v) is 5.22. The fraction of sp³-hybridized carbons (Fsp3) is 0.462. The molecule has 2 rings (SSSR count). The first-order chi connectivity index (χ1) is 8.06. The van der Waals surface area contributed by atoms with Crippen LogP contribution >= 0.6 is 12.6 Å². The van der Waals surface area contributed by atoms with Crippen molar-refractivity contribution >= 4 is 18.5 Å². The van der Waals surface area contributed by atoms with Gasteiger partial charge in [-0.1, -0.05) is 6.92 Å². The predicted octanol–water partition coefficient (Wildman–Crippen LogP) is 3.03. The summed E-state index contributed by atoms with van der Waals surface area (Å²) in [5.41, 5.74) is 0.342. The van der Waals surface area contributed by atoms with Crippen LogP contribution in [0.4, 0.5) is 4.39 Å². The van der Waals surface area contributed by atoms with Gasteiger partial charge in [-0.05, 0) is 42.9 Å². The average molecular weight is 253 g/mol. The Labute approximate surface area is 106 Å². The van der Waals surface area contributed by atoms with E-state index in [-0.39, 0.29) is 16.9 Å². The maximum Gasteiger partial charge on any atom is 0.254 e. The second kappa shape index (κ2) is 4.69. The van der Waals surface area contributed by atoms with Gasteiger partial charge in [-0.25, -0.2) is 4.39 Å². The zero-order valence-corrected chi connectivity index (χ0v) is 10.7. The number of rotatable bonds is 4. The quantitative estimate of drug-likeness (QED) is 0.793. The SMILES string of the molecule is CCC1(CNC(=O)c2cc(S)ccc2F)CC1. The van der Waals surface area contributed by atoms with Crippen molar-refractivity contribution in [2.24, 2.45) is 5.41 Å². The summed E-state index contributed by atoms with van der Waals surface area (Å²) in [6, 6.07) is 4.26. The molecule has 17 heavy (non-hydrogen) atoms. The van der Waals surface area contributed by atoms with Crippen LogP contribution in [-0.4, -0.2) is 12.5 Å². The number of thiol groups is 1. The number of carbonyl (C=O) groups excluding carboxylic acids is 1. The number of halogens is 1. The summed E-state index contributed by atoms with van der Waals surface area (Å²) in [6.45, 7) is 2.76. The normalized spacial score (nSPS) is 16.6. The van der Waals surface area contributed by atoms with Gasteiger partial charge in [-0.3, -0.25) is 4.79 Å². The van der Waals surface area contributed by atoms with E-state index in [4.69, 9.17) is 0 Å². The van der Waals surface area contributed by atoms with Crippen molar-refractivity contribution in [3.05, 3.63) is 29.6 Å². The van der Waals surface area contributed by atoms with Crippen LogP contribution in [0, 0.1) is 11.2 Å². The van der Waals surface area contributed by atoms with Gasteiger partial charge >= 0.3 is 0 Å². The van der Waals surface area contributed by atoms with Gasteiger partial charge in [0.15, 0.2) is 0 Å². The summed E-state index contributed by atoms with van der Waals surface area (Å²) in [4.78, 5) is 12.4. The van der Waals surface area contributed by atoms with Crippen LogP contribution in [0.2, 0.25) is 0 Å². The fourth-order valence-corrected chi connectivity index (χ4v) is 2.09. The Balaban J connectivity index is 2.02. The van der Waals surface area contributed by atoms with E-state index in [2.05, 4.69) is 24.9 Å². The molecule has 1 aromatic rings. The van der Waals surface area contributed by atoms with Gasteiger partial charge in [0.05, 0.1) is 5.56 Å². The van der Waals surface area contributed by atoms with Gasteiger partial charge in [0, 0.05) is 11.4 Å². The molecule has 4 heteroatoms. The first-order valence-electron chi connectivity index (χ1n) is 5.83. The molecular weight excluding hydrogens is 237 g/mol. The highest BCUT2D eigenvalue weighted by Crippen LogP contribution is 2.47. The Kier molecular flexibility index (Phi) is 3.43. The monoisotopic (exact) mass is 253 g/mol. The molecule has 0 aliphatic heterocycles. The van der Waals surface area contributed by atoms with Crippen LogP contribution in [0.25, 0.3) is 0 Å². The van der Waals surface area contributed by atoms with Gasteiger partial charge < -0.3 is 5.32 Å². The van der Waals surface area contributed by atoms with Gasteiger partial charge in [0.1, 0.15) is 5.82 Å². The van der Waals surface area contributed by atoms with Crippen molar-refractivity contribution in [2.75, 3.05) is 6.54 Å². The fourth-order valence-electron chi connectivity index (χ4n) is 1.88. The van der Waals surface area contributed by atoms with Crippen LogP contribution < -0.4 is 5.32 Å². The molecule has 0 atom stereocenters. The van der Waals surface area contributed by atoms with Crippen molar-refractivity contribution in [2.45, 2.75) is 31.1 Å². The van der Waals surface area contributed by atoms with E-state index in [0.717, 1.165) is 19.3 Å². The maximum absolute atomic E-state index is 13.4. The largest absolute Gasteiger partial charge is 0.351 e. The third-order valence-electron chi connectivity index (χ3n) is 3.53. The molecule has 1 aliphatic carbocycles. The number of benzene rings is 1. The molecule has 0 bridgehead atoms. The number of hydrogen-bond acceptors (Lipinski definition) is 2. The van der Waals surface area contributed by atoms with E-state index >= 15 is 0 Å². The number of nitrogens with one attached hydrogen (secondary N) is 1. The number of amides is 1. The Hall–Kier alpha value is -1.03. The van der Waals surface area contributed by atoms with Crippen molar-refractivity contribution in [3.63, 3.8) is 0 Å². The van der Waals surface area contributed by atoms with Crippen LogP contribution in [0.15, 0.2) is 23.1 Å². The van der Waals surface area contributed by atoms with E-state index in [1.165, 1.54) is 18.2 Å². The lowest BCUT2D eigenvalue weighted by Crippen LogP contribution is -2.30. The van der Waals surface area contributed by atoms with Gasteiger partial charge in [0.25, 0.3) is 5.91 Å². The number of hydrogen-bond donors (Lipinski definition) is 2. The Morgan fingerprint density at radius 1 is 1.53 bits per heavy atom. The van der Waals surface area contributed by atoms with E-state index in [1.54, 1.807) is 0 Å². The van der Waals surface area contributed by atoms with E-state index in [9.17, 15) is 9.18 Å². The Morgan fingerprint density at radius 2 is 2.24 bits per heavy atom. The molecule has 1 fully saturated rings. The zero-order chi connectivity index (χ0) is 12.5. The lowest BCUT2D eigenvalue weighted by atomic mass is 10.0. The molecule has 1 saturated carbocycles. The molecule has 0 unspecified atom stereocenters. The van der Waals surface area contributed by atoms with Crippen molar-refractivity contribution in [1.29, 1.82) is 0 Å². The van der Waals surface area contributed by atoms with Crippen LogP contribution in [-0.2, 0) is 0 Å². The van der Waals surface area contributed by atoms with E-state index in [1.807, 2.05) is 0 Å². The van der Waals surface area contributed by atoms with Gasteiger partial charge in [-0.2, -0.15) is 0 Å². The van der Waals surface area contributed by atoms with Gasteiger partial charge in [0.2, 0.25) is 0 Å². The molecule has 1 aromatic carbocycles. The molecule has 0 spiro atoms. The summed E-state index contributed by atoms with van der Waals surface area (Å²) < 4.78 is 13.4. The minimum atomic E-state index is -0.498. The van der Waals surface area contributed by atoms with Crippen molar-refractivity contribution in [1.82, 2.24) is 5.32 Å². The molecule has 0 radical (unpaired) electrons. The first-order valence-corrected chi connectivity index (χ1v) is 6.28. The molecule has 1 N–H and O–H groups in total. The summed E-state index contributed by atoms with van der Waals surface area (Å²) in [6.07, 6.45) is 3.36. The van der Waals surface area contributed by atoms with Crippen molar-refractivity contribution < 1.29 is 9.18 Å². The van der Waals surface area contributed by atoms with Crippen LogP contribution in [0.1, 0.15) is 36.5 Å². The molecule has 0 saturated heterocycles. The lowest BCUT2D eigenvalue weighted by molar-refractivity contribution is 0.0940. The molecule has 92 valence electrons. The minimum Gasteiger partial charge on any atom is -0.351 e. The van der Waals surface area contributed by atoms with Crippen molar-refractivity contribution in [3.8, 4) is 0 Å². The average Bonchev–Trinajstić information content (AvgIpc) is 3.10. The highest BCUT2D eigenvalue weighted by Gasteiger charge is 2.40. The summed E-state index contributed by atoms with van der Waals surface area (Å²) in [5, 5.41) is 2.81. The van der Waals surface area contributed by atoms with E-state index in [0.29, 0.717) is 11.4 Å². The standard InChI is InChI=1S/C13H16FNOS/c1-2-13(5-6-13)8-15-12(16)10-7-9(17)3-4-11(10)14/h3-4,7,17H,2,5-6,8H2,1H3,(H,15,16). The smallest absolute Gasteiger partial charge is 0.254 e. The third kappa shape index (κ3) is 2.80. The first kappa shape index (κ1) is 12.4. The molecule has 1 aliphatic rings. The Bertz CT molecular complexity index is 443. The lowest BCUT2D eigenvalue weighted by Gasteiger charge is -2.13. The second-order valence-electron chi connectivity index (χ2n) is 4.70. The summed E-state index contributed by atoms with van der Waals surface area (Å²) >= 11 is 4.11. The van der Waals surface area contributed by atoms with Crippen LogP contribution in [0.5, 0.6) is 0 Å². The minimum absolute atomic E-state index is 0.0735. The topological polar surface area (TPSA) is 29.1 Å². The maximum atomic E-state index is 13.4. The molecule has 1 amide bonds. The molecule has 0 heterocycles. The Morgan fingerprint density at radius 3 is 2.82 bits per heavy atom. The van der Waals surface area contributed by atoms with E-state index < -0.39 is 5.82 Å². The van der Waals surface area contributed by atoms with Gasteiger partial charge in [-0.15, -0.1) is 12.6 Å². The summed E-state index contributed by atoms with van der Waals surface area (Å²) in [7, 11) is 0. The highest BCUT2D eigenvalue weighted by molar-refractivity contribution is 7.80.